The molecule has 4 heteroatoms. The molecule has 1 heterocycles. The Kier molecular flexibility index (Phi) is 2.37. The van der Waals surface area contributed by atoms with Gasteiger partial charge in [-0.05, 0) is 18.6 Å². The molecule has 74 valence electrons. The van der Waals surface area contributed by atoms with Gasteiger partial charge in [-0.3, -0.25) is 0 Å². The second-order valence-electron chi connectivity index (χ2n) is 3.24. The van der Waals surface area contributed by atoms with Crippen LogP contribution < -0.4 is 5.73 Å². The second kappa shape index (κ2) is 3.53. The molecular formula is C10H11FN2S. The highest BCUT2D eigenvalue weighted by atomic mass is 32.1. The van der Waals surface area contributed by atoms with Crippen LogP contribution in [-0.2, 0) is 0 Å². The zero-order chi connectivity index (χ0) is 10.1. The number of anilines is 1. The summed E-state index contributed by atoms with van der Waals surface area (Å²) in [6, 6.07) is 0. The number of rotatable bonds is 1. The summed E-state index contributed by atoms with van der Waals surface area (Å²) in [4.78, 5) is 5.18. The average Bonchev–Trinajstić information content (AvgIpc) is 2.47. The average molecular weight is 210 g/mol. The van der Waals surface area contributed by atoms with E-state index in [0.29, 0.717) is 11.6 Å². The number of thiazole rings is 1. The molecular weight excluding hydrogens is 199 g/mol. The maximum Gasteiger partial charge on any atom is 0.180 e. The molecule has 1 unspecified atom stereocenters. The van der Waals surface area contributed by atoms with Crippen molar-refractivity contribution in [1.29, 1.82) is 0 Å². The zero-order valence-corrected chi connectivity index (χ0v) is 8.64. The minimum absolute atomic E-state index is 0.447. The number of aromatic nitrogens is 1. The quantitative estimate of drug-likeness (QED) is 0.774. The van der Waals surface area contributed by atoms with Crippen molar-refractivity contribution in [2.45, 2.75) is 19.5 Å². The standard InChI is InChI=1S/C10H11FN2S/c1-6-9(14-10(12)13-6)7-2-4-8(11)5-3-7/h2-4,8H,5H2,1H3,(H2,12,13). The van der Waals surface area contributed by atoms with Gasteiger partial charge in [-0.25, -0.2) is 9.37 Å². The molecule has 2 rings (SSSR count). The fourth-order valence-corrected chi connectivity index (χ4v) is 2.30. The minimum Gasteiger partial charge on any atom is -0.375 e. The molecule has 0 radical (unpaired) electrons. The second-order valence-corrected chi connectivity index (χ2v) is 4.27. The first-order chi connectivity index (χ1) is 6.66. The van der Waals surface area contributed by atoms with E-state index < -0.39 is 6.17 Å². The predicted octanol–water partition coefficient (Wildman–Crippen LogP) is 2.72. The maximum absolute atomic E-state index is 12.8. The number of nitrogens with zero attached hydrogens (tertiary/aromatic N) is 1. The summed E-state index contributed by atoms with van der Waals surface area (Å²) in [6.07, 6.45) is 4.87. The molecule has 0 aliphatic heterocycles. The molecule has 2 nitrogen and oxygen atoms in total. The molecule has 1 atom stereocenters. The van der Waals surface area contributed by atoms with Crippen LogP contribution in [0.3, 0.4) is 0 Å². The van der Waals surface area contributed by atoms with E-state index in [1.807, 2.05) is 13.0 Å². The highest BCUT2D eigenvalue weighted by Crippen LogP contribution is 2.30. The summed E-state index contributed by atoms with van der Waals surface area (Å²) in [6.45, 7) is 1.92. The van der Waals surface area contributed by atoms with Crippen molar-refractivity contribution in [1.82, 2.24) is 4.98 Å². The van der Waals surface area contributed by atoms with Gasteiger partial charge in [0.25, 0.3) is 0 Å². The van der Waals surface area contributed by atoms with Crippen molar-refractivity contribution < 1.29 is 4.39 Å². The first kappa shape index (κ1) is 9.40. The van der Waals surface area contributed by atoms with Crippen LogP contribution in [0.5, 0.6) is 0 Å². The Morgan fingerprint density at radius 3 is 2.93 bits per heavy atom. The topological polar surface area (TPSA) is 38.9 Å². The molecule has 0 saturated heterocycles. The van der Waals surface area contributed by atoms with Gasteiger partial charge < -0.3 is 5.73 Å². The van der Waals surface area contributed by atoms with Crippen molar-refractivity contribution in [3.8, 4) is 0 Å². The van der Waals surface area contributed by atoms with Gasteiger partial charge in [-0.2, -0.15) is 0 Å². The Morgan fingerprint density at radius 2 is 2.43 bits per heavy atom. The third-order valence-corrected chi connectivity index (χ3v) is 3.16. The Balaban J connectivity index is 2.33. The van der Waals surface area contributed by atoms with Gasteiger partial charge in [0.2, 0.25) is 0 Å². The first-order valence-corrected chi connectivity index (χ1v) is 5.24. The smallest absolute Gasteiger partial charge is 0.180 e. The third kappa shape index (κ3) is 1.70. The van der Waals surface area contributed by atoms with Crippen LogP contribution in [0.2, 0.25) is 0 Å². The van der Waals surface area contributed by atoms with E-state index in [4.69, 9.17) is 5.73 Å². The number of hydrogen-bond acceptors (Lipinski definition) is 3. The van der Waals surface area contributed by atoms with E-state index in [1.54, 1.807) is 12.2 Å². The first-order valence-electron chi connectivity index (χ1n) is 4.42. The minimum atomic E-state index is -0.843. The Labute approximate surface area is 86.0 Å². The van der Waals surface area contributed by atoms with E-state index >= 15 is 0 Å². The number of nitrogen functional groups attached to an aromatic ring is 1. The van der Waals surface area contributed by atoms with Crippen LogP contribution in [0, 0.1) is 6.92 Å². The van der Waals surface area contributed by atoms with Crippen molar-refractivity contribution in [2.24, 2.45) is 0 Å². The number of aryl methyl sites for hydroxylation is 1. The van der Waals surface area contributed by atoms with E-state index in [2.05, 4.69) is 4.98 Å². The monoisotopic (exact) mass is 210 g/mol. The lowest BCUT2D eigenvalue weighted by molar-refractivity contribution is 0.402. The lowest BCUT2D eigenvalue weighted by atomic mass is 10.0. The number of alkyl halides is 1. The van der Waals surface area contributed by atoms with E-state index in [9.17, 15) is 4.39 Å². The van der Waals surface area contributed by atoms with Crippen molar-refractivity contribution in [3.05, 3.63) is 28.8 Å². The van der Waals surface area contributed by atoms with Crippen LogP contribution >= 0.6 is 11.3 Å². The molecule has 0 spiro atoms. The number of allylic oxidation sites excluding steroid dienone is 4. The van der Waals surface area contributed by atoms with E-state index in [1.165, 1.54) is 11.3 Å². The Bertz CT molecular complexity index is 406. The summed E-state index contributed by atoms with van der Waals surface area (Å²) in [5.41, 5.74) is 7.55. The fourth-order valence-electron chi connectivity index (χ4n) is 1.45. The molecule has 0 saturated carbocycles. The Morgan fingerprint density at radius 1 is 1.64 bits per heavy atom. The molecule has 14 heavy (non-hydrogen) atoms. The lowest BCUT2D eigenvalue weighted by Gasteiger charge is -2.08. The van der Waals surface area contributed by atoms with Crippen LogP contribution in [-0.4, -0.2) is 11.2 Å². The van der Waals surface area contributed by atoms with Crippen LogP contribution in [0.1, 0.15) is 17.0 Å². The van der Waals surface area contributed by atoms with Gasteiger partial charge in [-0.1, -0.05) is 23.5 Å². The van der Waals surface area contributed by atoms with E-state index in [0.717, 1.165) is 16.1 Å². The lowest BCUT2D eigenvalue weighted by Crippen LogP contribution is -1.97. The molecule has 0 fully saturated rings. The number of hydrogen-bond donors (Lipinski definition) is 1. The third-order valence-electron chi connectivity index (χ3n) is 2.12. The van der Waals surface area contributed by atoms with Crippen molar-refractivity contribution in [3.63, 3.8) is 0 Å². The molecule has 1 aromatic heterocycles. The van der Waals surface area contributed by atoms with Crippen molar-refractivity contribution >= 4 is 22.0 Å². The van der Waals surface area contributed by atoms with Gasteiger partial charge in [0.1, 0.15) is 6.17 Å². The van der Waals surface area contributed by atoms with Crippen molar-refractivity contribution in [2.75, 3.05) is 5.73 Å². The Hall–Kier alpha value is -1.16. The normalized spacial score (nSPS) is 21.0. The summed E-state index contributed by atoms with van der Waals surface area (Å²) >= 11 is 1.45. The van der Waals surface area contributed by atoms with Crippen LogP contribution in [0.15, 0.2) is 18.2 Å². The molecule has 0 amide bonds. The highest BCUT2D eigenvalue weighted by Gasteiger charge is 2.12. The van der Waals surface area contributed by atoms with Gasteiger partial charge in [-0.15, -0.1) is 0 Å². The van der Waals surface area contributed by atoms with Gasteiger partial charge in [0.15, 0.2) is 5.13 Å². The SMILES string of the molecule is Cc1nc(N)sc1C1=CCC(F)C=C1. The largest absolute Gasteiger partial charge is 0.375 e. The summed E-state index contributed by atoms with van der Waals surface area (Å²) in [5.74, 6) is 0. The summed E-state index contributed by atoms with van der Waals surface area (Å²) in [7, 11) is 0. The molecule has 0 bridgehead atoms. The van der Waals surface area contributed by atoms with Crippen LogP contribution in [0.4, 0.5) is 9.52 Å². The molecule has 1 aromatic rings. The van der Waals surface area contributed by atoms with Gasteiger partial charge in [0, 0.05) is 6.42 Å². The molecule has 1 aliphatic carbocycles. The van der Waals surface area contributed by atoms with Gasteiger partial charge >= 0.3 is 0 Å². The molecule has 1 aliphatic rings. The highest BCUT2D eigenvalue weighted by molar-refractivity contribution is 7.16. The predicted molar refractivity (Wildman–Crippen MR) is 57.9 cm³/mol. The van der Waals surface area contributed by atoms with Gasteiger partial charge in [0.05, 0.1) is 10.6 Å². The maximum atomic E-state index is 12.8. The van der Waals surface area contributed by atoms with Crippen LogP contribution in [0.25, 0.3) is 5.57 Å². The fraction of sp³-hybridized carbons (Fsp3) is 0.300. The number of nitrogens with two attached hydrogens (primary N) is 1. The molecule has 0 aromatic carbocycles. The summed E-state index contributed by atoms with van der Waals surface area (Å²) < 4.78 is 12.8. The van der Waals surface area contributed by atoms with E-state index in [-0.39, 0.29) is 0 Å². The molecule has 2 N–H and O–H groups in total. The number of halogens is 1. The summed E-state index contributed by atoms with van der Waals surface area (Å²) in [5, 5.41) is 0.564. The zero-order valence-electron chi connectivity index (χ0n) is 7.83.